The van der Waals surface area contributed by atoms with E-state index in [9.17, 15) is 24.0 Å². The van der Waals surface area contributed by atoms with Crippen LogP contribution in [0.4, 0.5) is 0 Å². The number of nitrogens with one attached hydrogen (secondary N) is 5. The van der Waals surface area contributed by atoms with Crippen molar-refractivity contribution in [3.05, 3.63) is 53.6 Å². The van der Waals surface area contributed by atoms with Crippen molar-refractivity contribution in [1.82, 2.24) is 51.1 Å². The van der Waals surface area contributed by atoms with Gasteiger partial charge in [-0.05, 0) is 45.4 Å². The average molecular weight is 703 g/mol. The van der Waals surface area contributed by atoms with E-state index in [-0.39, 0.29) is 49.8 Å². The van der Waals surface area contributed by atoms with Crippen LogP contribution in [0.3, 0.4) is 0 Å². The Morgan fingerprint density at radius 2 is 1.63 bits per heavy atom. The molecule has 1 aliphatic heterocycles. The summed E-state index contributed by atoms with van der Waals surface area (Å²) in [4.78, 5) is 73.6. The van der Waals surface area contributed by atoms with E-state index in [4.69, 9.17) is 4.98 Å². The Morgan fingerprint density at radius 1 is 0.882 bits per heavy atom. The largest absolute Gasteiger partial charge is 0.354 e. The van der Waals surface area contributed by atoms with Crippen molar-refractivity contribution in [1.29, 1.82) is 0 Å². The number of benzene rings is 1. The lowest BCUT2D eigenvalue weighted by Crippen LogP contribution is -2.54. The third kappa shape index (κ3) is 9.79. The van der Waals surface area contributed by atoms with Crippen LogP contribution in [0.15, 0.2) is 36.5 Å². The second-order valence-corrected chi connectivity index (χ2v) is 14.0. The van der Waals surface area contributed by atoms with E-state index in [1.165, 1.54) is 22.7 Å². The Bertz CT molecular complexity index is 1680. The Kier molecular flexibility index (Phi) is 12.6. The van der Waals surface area contributed by atoms with E-state index < -0.39 is 35.8 Å². The zero-order valence-electron chi connectivity index (χ0n) is 29.9. The molecule has 5 N–H and O–H groups in total. The molecule has 15 nitrogen and oxygen atoms in total. The van der Waals surface area contributed by atoms with Crippen molar-refractivity contribution in [2.45, 2.75) is 103 Å². The number of aromatic amines is 1. The van der Waals surface area contributed by atoms with E-state index in [1.807, 2.05) is 44.2 Å². The molecule has 0 radical (unpaired) electrons. The molecule has 1 saturated carbocycles. The van der Waals surface area contributed by atoms with Crippen molar-refractivity contribution < 1.29 is 24.0 Å². The number of carbonyl (C=O) groups excluding carboxylic acids is 5. The molecule has 2 aromatic heterocycles. The Hall–Kier alpha value is -5.08. The maximum atomic E-state index is 14.0. The van der Waals surface area contributed by atoms with Gasteiger partial charge in [0.2, 0.25) is 23.6 Å². The summed E-state index contributed by atoms with van der Waals surface area (Å²) in [6, 6.07) is 6.77. The van der Waals surface area contributed by atoms with Crippen LogP contribution in [0.1, 0.15) is 106 Å². The molecule has 0 unspecified atom stereocenters. The second-order valence-electron chi connectivity index (χ2n) is 14.0. The van der Waals surface area contributed by atoms with Gasteiger partial charge in [-0.1, -0.05) is 63.4 Å². The highest BCUT2D eigenvalue weighted by atomic mass is 16.2. The molecule has 3 atom stereocenters. The predicted octanol–water partition coefficient (Wildman–Crippen LogP) is 2.59. The number of rotatable bonds is 5. The maximum absolute atomic E-state index is 14.0. The molecule has 0 saturated heterocycles. The summed E-state index contributed by atoms with van der Waals surface area (Å²) < 4.78 is 1.47. The first-order chi connectivity index (χ1) is 24.5. The van der Waals surface area contributed by atoms with Gasteiger partial charge >= 0.3 is 0 Å². The normalized spacial score (nSPS) is 22.1. The van der Waals surface area contributed by atoms with Gasteiger partial charge in [0.1, 0.15) is 24.5 Å². The van der Waals surface area contributed by atoms with Gasteiger partial charge in [-0.15, -0.1) is 0 Å². The van der Waals surface area contributed by atoms with Crippen molar-refractivity contribution in [3.63, 3.8) is 0 Å². The minimum absolute atomic E-state index is 0.0564. The topological polar surface area (TPSA) is 196 Å². The first-order valence-electron chi connectivity index (χ1n) is 18.0. The zero-order valence-corrected chi connectivity index (χ0v) is 29.9. The molecule has 15 heteroatoms. The molecule has 1 aromatic carbocycles. The van der Waals surface area contributed by atoms with Crippen LogP contribution >= 0.6 is 0 Å². The molecular weight excluding hydrogens is 652 g/mol. The molecule has 1 aliphatic carbocycles. The third-order valence-electron chi connectivity index (χ3n) is 9.34. The predicted molar refractivity (Wildman–Crippen MR) is 189 cm³/mol. The first-order valence-corrected chi connectivity index (χ1v) is 18.0. The second kappa shape index (κ2) is 17.2. The maximum Gasteiger partial charge on any atom is 0.257 e. The molecule has 5 amide bonds. The number of nitrogens with zero attached hydrogens (tertiary/aromatic N) is 5. The van der Waals surface area contributed by atoms with Gasteiger partial charge < -0.3 is 26.2 Å². The van der Waals surface area contributed by atoms with Gasteiger partial charge in [0.05, 0.1) is 30.0 Å². The molecular formula is C36H50N10O5. The molecule has 1 fully saturated rings. The highest BCUT2D eigenvalue weighted by Gasteiger charge is 2.31. The number of carbonyl (C=O) groups is 5. The molecule has 2 aliphatic rings. The molecule has 274 valence electrons. The van der Waals surface area contributed by atoms with Crippen LogP contribution in [-0.2, 0) is 25.7 Å². The highest BCUT2D eigenvalue weighted by molar-refractivity contribution is 5.98. The minimum atomic E-state index is -0.987. The van der Waals surface area contributed by atoms with Crippen molar-refractivity contribution in [2.75, 3.05) is 19.6 Å². The van der Waals surface area contributed by atoms with Crippen LogP contribution in [0, 0.1) is 5.92 Å². The summed E-state index contributed by atoms with van der Waals surface area (Å²) in [6.45, 7) is 7.08. The van der Waals surface area contributed by atoms with Crippen LogP contribution in [0.25, 0.3) is 11.4 Å². The Morgan fingerprint density at radius 3 is 2.35 bits per heavy atom. The smallest absolute Gasteiger partial charge is 0.257 e. The van der Waals surface area contributed by atoms with Gasteiger partial charge in [0.15, 0.2) is 5.82 Å². The van der Waals surface area contributed by atoms with Gasteiger partial charge in [-0.2, -0.15) is 10.2 Å². The van der Waals surface area contributed by atoms with E-state index in [2.05, 4.69) is 36.6 Å². The Labute approximate surface area is 298 Å². The third-order valence-corrected chi connectivity index (χ3v) is 9.34. The quantitative estimate of drug-likeness (QED) is 0.268. The summed E-state index contributed by atoms with van der Waals surface area (Å²) in [7, 11) is 0. The minimum Gasteiger partial charge on any atom is -0.354 e. The van der Waals surface area contributed by atoms with Gasteiger partial charge in [-0.3, -0.25) is 29.1 Å². The van der Waals surface area contributed by atoms with Crippen molar-refractivity contribution >= 4 is 29.5 Å². The van der Waals surface area contributed by atoms with Crippen LogP contribution in [0.2, 0.25) is 0 Å². The lowest BCUT2D eigenvalue weighted by atomic mass is 9.85. The molecule has 0 spiro atoms. The average Bonchev–Trinajstić information content (AvgIpc) is 3.77. The summed E-state index contributed by atoms with van der Waals surface area (Å²) in [5.41, 5.74) is 1.95. The Balaban J connectivity index is 1.41. The van der Waals surface area contributed by atoms with Gasteiger partial charge in [-0.25, -0.2) is 9.67 Å². The van der Waals surface area contributed by atoms with E-state index >= 15 is 0 Å². The number of fused-ring (bicyclic) bond motifs is 1. The molecule has 0 bridgehead atoms. The number of H-pyrrole nitrogens is 1. The number of hydrogen-bond acceptors (Lipinski definition) is 8. The fraction of sp³-hybridized carbons (Fsp3) is 0.556. The van der Waals surface area contributed by atoms with Crippen LogP contribution in [-0.4, -0.2) is 91.1 Å². The highest BCUT2D eigenvalue weighted by Crippen LogP contribution is 2.33. The molecule has 3 heterocycles. The summed E-state index contributed by atoms with van der Waals surface area (Å²) >= 11 is 0. The van der Waals surface area contributed by atoms with E-state index in [1.54, 1.807) is 6.92 Å². The number of amides is 5. The molecule has 51 heavy (non-hydrogen) atoms. The zero-order chi connectivity index (χ0) is 36.5. The lowest BCUT2D eigenvalue weighted by Gasteiger charge is -2.26. The van der Waals surface area contributed by atoms with Crippen LogP contribution in [0.5, 0.6) is 0 Å². The SMILES string of the molecule is CC(C)C[C@H]1NC(=O)[C@@H](C)NC(=O)CN(C(=O)c2cn[nH]c2C2CCCCC2)CCCNC(=O)Cn2nc(-c3ccccc3)nc2[C@H](C)NC1=O. The standard InChI is InChI=1S/C36H50N10O5/c1-22(2)18-28-35(50)40-23(3)33-42-32(26-14-9-6-10-15-26)44-46(33)21-29(47)37-16-11-17-45(20-30(48)39-24(4)34(49)41-28)36(51)27-19-38-43-31(27)25-12-7-5-8-13-25/h6,9-10,14-15,19,22-25,28H,5,7-8,11-13,16-18,20-21H2,1-4H3,(H,37,47)(H,38,43)(H,39,48)(H,40,50)(H,41,49)/t23-,24+,28+/m0/s1. The van der Waals surface area contributed by atoms with Crippen LogP contribution < -0.4 is 21.3 Å². The summed E-state index contributed by atoms with van der Waals surface area (Å²) in [6.07, 6.45) is 7.43. The summed E-state index contributed by atoms with van der Waals surface area (Å²) in [5, 5.41) is 23.2. The molecule has 5 rings (SSSR count). The lowest BCUT2D eigenvalue weighted by molar-refractivity contribution is -0.132. The summed E-state index contributed by atoms with van der Waals surface area (Å²) in [5.74, 6) is -1.17. The number of aromatic nitrogens is 5. The monoisotopic (exact) mass is 702 g/mol. The number of hydrogen-bond donors (Lipinski definition) is 5. The van der Waals surface area contributed by atoms with Gasteiger partial charge in [0.25, 0.3) is 5.91 Å². The van der Waals surface area contributed by atoms with Crippen molar-refractivity contribution in [2.24, 2.45) is 5.92 Å². The molecule has 3 aromatic rings. The fourth-order valence-electron chi connectivity index (χ4n) is 6.69. The first kappa shape index (κ1) is 37.2. The van der Waals surface area contributed by atoms with Crippen molar-refractivity contribution in [3.8, 4) is 11.4 Å². The van der Waals surface area contributed by atoms with E-state index in [0.717, 1.165) is 43.4 Å². The van der Waals surface area contributed by atoms with Gasteiger partial charge in [0, 0.05) is 24.6 Å². The van der Waals surface area contributed by atoms with E-state index in [0.29, 0.717) is 30.1 Å². The fourth-order valence-corrected chi connectivity index (χ4v) is 6.69.